The number of phenolic OH excluding ortho intramolecular Hbond substituents is 2. The monoisotopic (exact) mass is 926 g/mol. The van der Waals surface area contributed by atoms with Crippen LogP contribution >= 0.6 is 0 Å². The Morgan fingerprint density at radius 1 is 0.714 bits per heavy atom. The molecule has 5 rings (SSSR count). The Morgan fingerprint density at radius 2 is 1.32 bits per heavy atom. The van der Waals surface area contributed by atoms with Crippen LogP contribution in [0, 0.1) is 0 Å². The fourth-order valence-electron chi connectivity index (χ4n) is 6.75. The van der Waals surface area contributed by atoms with E-state index in [1.165, 1.54) is 75.3 Å². The zero-order valence-corrected chi connectivity index (χ0v) is 41.5. The molecular weight excluding hydrogens is 875 g/mol. The molecule has 330 valence electrons. The van der Waals surface area contributed by atoms with E-state index in [0.29, 0.717) is 28.8 Å². The van der Waals surface area contributed by atoms with E-state index in [1.54, 1.807) is 24.3 Å². The summed E-state index contributed by atoms with van der Waals surface area (Å²) in [4.78, 5) is 23.4. The average Bonchev–Trinajstić information content (AvgIpc) is 3.21. The Bertz CT molecular complexity index is 2640. The van der Waals surface area contributed by atoms with Gasteiger partial charge in [0.05, 0.1) is 21.8 Å². The number of aromatic hydroxyl groups is 2. The molecule has 0 aromatic heterocycles. The van der Waals surface area contributed by atoms with Crippen molar-refractivity contribution in [1.29, 1.82) is 0 Å². The molecule has 0 unspecified atom stereocenters. The topological polar surface area (TPSA) is 251 Å². The second kappa shape index (κ2) is 25.0. The molecule has 0 spiro atoms. The molecule has 0 atom stereocenters. The van der Waals surface area contributed by atoms with Crippen LogP contribution in [-0.2, 0) is 25.0 Å². The number of rotatable bonds is 22. The van der Waals surface area contributed by atoms with Gasteiger partial charge in [-0.3, -0.25) is 18.7 Å². The third-order valence-corrected chi connectivity index (χ3v) is 11.5. The number of fused-ring (bicyclic) bond motifs is 2. The summed E-state index contributed by atoms with van der Waals surface area (Å²) in [5, 5.41) is 35.8. The second-order valence-electron chi connectivity index (χ2n) is 14.4. The molecule has 0 aliphatic rings. The van der Waals surface area contributed by atoms with E-state index in [-0.39, 0.29) is 109 Å². The van der Waals surface area contributed by atoms with Crippen molar-refractivity contribution in [3.8, 4) is 23.0 Å². The van der Waals surface area contributed by atoms with Crippen LogP contribution in [0.3, 0.4) is 0 Å². The number of azo groups is 1. The Balaban J connectivity index is 0.00000528. The first-order chi connectivity index (χ1) is 29.1. The van der Waals surface area contributed by atoms with Gasteiger partial charge in [0.25, 0.3) is 26.1 Å². The predicted octanol–water partition coefficient (Wildman–Crippen LogP) is 3.61. The van der Waals surface area contributed by atoms with Crippen molar-refractivity contribution < 1.29 is 117 Å². The SMILES string of the molecule is CCCCCCCCCCCCNC(=O)c1cc(OCCOc2ccc(N=Nc3c(S(=O)(=O)O)cc4cc(S(=O)(=O)O)cc(NC(C)=O)c4c3O)cc2)c2ccccc2c1O.[H-].[H-].[Na+].[Na+]. The first kappa shape index (κ1) is 53.5. The van der Waals surface area contributed by atoms with Crippen molar-refractivity contribution in [2.24, 2.45) is 10.2 Å². The fourth-order valence-corrected chi connectivity index (χ4v) is 7.95. The summed E-state index contributed by atoms with van der Waals surface area (Å²) < 4.78 is 79.9. The van der Waals surface area contributed by atoms with Gasteiger partial charge in [-0.05, 0) is 60.3 Å². The summed E-state index contributed by atoms with van der Waals surface area (Å²) in [6.45, 7) is 3.96. The van der Waals surface area contributed by atoms with Gasteiger partial charge in [0.1, 0.15) is 41.0 Å². The van der Waals surface area contributed by atoms with E-state index in [9.17, 15) is 45.7 Å². The maximum Gasteiger partial charge on any atom is 1.00 e. The summed E-state index contributed by atoms with van der Waals surface area (Å²) in [7, 11) is -9.93. The van der Waals surface area contributed by atoms with Crippen molar-refractivity contribution >= 4 is 70.7 Å². The number of anilines is 1. The molecule has 20 heteroatoms. The minimum atomic E-state index is -5.09. The number of carbonyl (C=O) groups is 2. The first-order valence-electron chi connectivity index (χ1n) is 19.9. The third-order valence-electron chi connectivity index (χ3n) is 9.76. The van der Waals surface area contributed by atoms with Crippen LogP contribution < -0.4 is 79.2 Å². The van der Waals surface area contributed by atoms with Gasteiger partial charge in [-0.15, -0.1) is 5.11 Å². The number of hydrogen-bond donors (Lipinski definition) is 6. The predicted molar refractivity (Wildman–Crippen MR) is 233 cm³/mol. The van der Waals surface area contributed by atoms with Crippen molar-refractivity contribution in [3.63, 3.8) is 0 Å². The van der Waals surface area contributed by atoms with Crippen molar-refractivity contribution in [2.75, 3.05) is 25.1 Å². The summed E-state index contributed by atoms with van der Waals surface area (Å²) in [5.74, 6) is -1.29. The molecule has 0 saturated carbocycles. The van der Waals surface area contributed by atoms with Gasteiger partial charge in [-0.2, -0.15) is 21.9 Å². The quantitative estimate of drug-likeness (QED) is 0.0252. The van der Waals surface area contributed by atoms with Gasteiger partial charge in [0.2, 0.25) is 5.91 Å². The molecule has 0 radical (unpaired) electrons. The number of hydrogen-bond acceptors (Lipinski definition) is 12. The Hall–Kier alpha value is -3.82. The standard InChI is InChI=1S/C43H50N4O12S2.2Na.2H/c1-3-4-5-6-7-8-9-10-11-14-21-44-43(51)35-27-37(33-15-12-13-16-34(33)41(35)49)59-23-22-58-31-19-17-30(18-20-31)46-47-40-38(61(55,56)57)25-29-24-32(60(52,53)54)26-36(45-28(2)48)39(29)42(40)50;;;;/h12-13,15-20,24-27,49-50H,3-11,14,21-23H2,1-2H3,(H,44,51)(H,45,48)(H,52,53,54)(H,55,56,57);;;;/q;2*+1;2*-1. The van der Waals surface area contributed by atoms with Crippen molar-refractivity contribution in [3.05, 3.63) is 78.4 Å². The maximum atomic E-state index is 13.2. The average molecular weight is 927 g/mol. The molecule has 5 aromatic rings. The van der Waals surface area contributed by atoms with Crippen LogP contribution in [0.2, 0.25) is 0 Å². The largest absolute Gasteiger partial charge is 1.00 e. The maximum absolute atomic E-state index is 13.2. The number of amides is 2. The minimum Gasteiger partial charge on any atom is -1.00 e. The Morgan fingerprint density at radius 3 is 1.92 bits per heavy atom. The van der Waals surface area contributed by atoms with Gasteiger partial charge in [-0.1, -0.05) is 89.0 Å². The number of phenols is 2. The molecule has 63 heavy (non-hydrogen) atoms. The van der Waals surface area contributed by atoms with E-state index < -0.39 is 53.3 Å². The van der Waals surface area contributed by atoms with Crippen molar-refractivity contribution in [1.82, 2.24) is 5.32 Å². The number of ether oxygens (including phenoxy) is 2. The second-order valence-corrected chi connectivity index (χ2v) is 17.2. The van der Waals surface area contributed by atoms with Crippen molar-refractivity contribution in [2.45, 2.75) is 87.8 Å². The van der Waals surface area contributed by atoms with Gasteiger partial charge >= 0.3 is 59.1 Å². The van der Waals surface area contributed by atoms with E-state index in [0.717, 1.165) is 44.4 Å². The van der Waals surface area contributed by atoms with Crippen LogP contribution in [0.25, 0.3) is 21.5 Å². The van der Waals surface area contributed by atoms with E-state index >= 15 is 0 Å². The smallest absolute Gasteiger partial charge is 1.00 e. The number of unbranched alkanes of at least 4 members (excludes halogenated alkanes) is 9. The van der Waals surface area contributed by atoms with Gasteiger partial charge < -0.3 is 33.2 Å². The van der Waals surface area contributed by atoms with Crippen LogP contribution in [0.5, 0.6) is 23.0 Å². The molecule has 6 N–H and O–H groups in total. The summed E-state index contributed by atoms with van der Waals surface area (Å²) in [6, 6.07) is 17.1. The zero-order valence-electron chi connectivity index (χ0n) is 37.9. The van der Waals surface area contributed by atoms with Crippen LogP contribution in [-0.4, -0.2) is 67.7 Å². The molecule has 0 heterocycles. The van der Waals surface area contributed by atoms with Gasteiger partial charge in [0, 0.05) is 29.6 Å². The Kier molecular flexibility index (Phi) is 21.3. The molecule has 0 fully saturated rings. The third kappa shape index (κ3) is 15.1. The minimum absolute atomic E-state index is 0. The van der Waals surface area contributed by atoms with Gasteiger partial charge in [-0.25, -0.2) is 0 Å². The zero-order chi connectivity index (χ0) is 44.2. The number of nitrogens with zero attached hydrogens (tertiary/aromatic N) is 2. The number of carbonyl (C=O) groups excluding carboxylic acids is 2. The number of nitrogens with one attached hydrogen (secondary N) is 2. The van der Waals surface area contributed by atoms with E-state index in [4.69, 9.17) is 9.47 Å². The van der Waals surface area contributed by atoms with E-state index in [1.807, 2.05) is 0 Å². The molecule has 5 aromatic carbocycles. The normalized spacial score (nSPS) is 11.6. The first-order valence-corrected chi connectivity index (χ1v) is 22.8. The Labute approximate surface area is 414 Å². The molecular formula is C43H52N4Na2O12S2. The van der Waals surface area contributed by atoms with Gasteiger partial charge in [0.15, 0.2) is 5.75 Å². The van der Waals surface area contributed by atoms with E-state index in [2.05, 4.69) is 27.8 Å². The van der Waals surface area contributed by atoms with Crippen LogP contribution in [0.4, 0.5) is 17.1 Å². The molecule has 2 amide bonds. The van der Waals surface area contributed by atoms with Crippen LogP contribution in [0.15, 0.2) is 92.8 Å². The molecule has 0 aliphatic heterocycles. The molecule has 0 bridgehead atoms. The summed E-state index contributed by atoms with van der Waals surface area (Å²) in [5.41, 5.74) is -0.734. The molecule has 16 nitrogen and oxygen atoms in total. The summed E-state index contributed by atoms with van der Waals surface area (Å²) >= 11 is 0. The number of benzene rings is 5. The summed E-state index contributed by atoms with van der Waals surface area (Å²) in [6.07, 6.45) is 11.8. The molecule has 0 saturated heterocycles. The van der Waals surface area contributed by atoms with Crippen LogP contribution in [0.1, 0.15) is 91.3 Å². The molecule has 0 aliphatic carbocycles. The fraction of sp³-hybridized carbons (Fsp3) is 0.349.